The number of nitrogens with zero attached hydrogens (tertiary/aromatic N) is 3. The summed E-state index contributed by atoms with van der Waals surface area (Å²) in [6.07, 6.45) is 4.05. The third-order valence-electron chi connectivity index (χ3n) is 4.66. The van der Waals surface area contributed by atoms with Gasteiger partial charge in [-0.05, 0) is 30.7 Å². The minimum absolute atomic E-state index is 0.00412. The number of benzene rings is 1. The second-order valence-corrected chi connectivity index (χ2v) is 6.77. The third kappa shape index (κ3) is 5.34. The molecule has 0 N–H and O–H groups in total. The number of carbonyl (C=O) groups is 1. The Kier molecular flexibility index (Phi) is 7.06. The van der Waals surface area contributed by atoms with E-state index in [1.54, 1.807) is 17.0 Å². The summed E-state index contributed by atoms with van der Waals surface area (Å²) in [5.41, 5.74) is 0.658. The number of hydrogen-bond acceptors (Lipinski definition) is 6. The van der Waals surface area contributed by atoms with E-state index >= 15 is 0 Å². The number of likely N-dealkylation sites (tertiary alicyclic amines) is 1. The molecule has 0 radical (unpaired) electrons. The summed E-state index contributed by atoms with van der Waals surface area (Å²) in [4.78, 5) is 14.5. The van der Waals surface area contributed by atoms with Crippen LogP contribution in [0.5, 0.6) is 17.5 Å². The molecule has 1 atom stereocenters. The maximum atomic E-state index is 12.7. The van der Waals surface area contributed by atoms with E-state index in [0.29, 0.717) is 37.0 Å². The molecule has 0 bridgehead atoms. The van der Waals surface area contributed by atoms with Gasteiger partial charge in [0.25, 0.3) is 5.91 Å². The number of hydrogen-bond donors (Lipinski definition) is 0. The summed E-state index contributed by atoms with van der Waals surface area (Å²) in [5.74, 6) is 1.68. The molecule has 1 fully saturated rings. The van der Waals surface area contributed by atoms with Crippen LogP contribution in [0.15, 0.2) is 36.4 Å². The number of ether oxygens (including phenoxy) is 3. The Labute approximate surface area is 165 Å². The minimum Gasteiger partial charge on any atom is -0.494 e. The lowest BCUT2D eigenvalue weighted by atomic mass is 10.2. The molecule has 7 heteroatoms. The van der Waals surface area contributed by atoms with E-state index < -0.39 is 0 Å². The van der Waals surface area contributed by atoms with Crippen molar-refractivity contribution in [2.75, 3.05) is 26.8 Å². The molecular formula is C21H27N3O4. The first-order valence-electron chi connectivity index (χ1n) is 9.76. The highest BCUT2D eigenvalue weighted by atomic mass is 16.5. The number of rotatable bonds is 9. The van der Waals surface area contributed by atoms with Gasteiger partial charge < -0.3 is 19.1 Å². The van der Waals surface area contributed by atoms with Gasteiger partial charge in [0.2, 0.25) is 11.8 Å². The average molecular weight is 385 g/mol. The van der Waals surface area contributed by atoms with Gasteiger partial charge in [0.05, 0.1) is 20.3 Å². The van der Waals surface area contributed by atoms with Crippen LogP contribution in [0.3, 0.4) is 0 Å². The molecule has 1 amide bonds. The van der Waals surface area contributed by atoms with Crippen molar-refractivity contribution >= 4 is 5.91 Å². The van der Waals surface area contributed by atoms with E-state index in [1.807, 2.05) is 24.3 Å². The molecule has 1 unspecified atom stereocenters. The lowest BCUT2D eigenvalue weighted by Crippen LogP contribution is -2.31. The monoisotopic (exact) mass is 385 g/mol. The van der Waals surface area contributed by atoms with Crippen molar-refractivity contribution < 1.29 is 19.0 Å². The molecule has 1 aliphatic rings. The molecule has 2 heterocycles. The van der Waals surface area contributed by atoms with Crippen LogP contribution in [0.4, 0.5) is 0 Å². The third-order valence-corrected chi connectivity index (χ3v) is 4.66. The summed E-state index contributed by atoms with van der Waals surface area (Å²) >= 11 is 0. The first-order chi connectivity index (χ1) is 13.7. The Balaban J connectivity index is 1.49. The van der Waals surface area contributed by atoms with Gasteiger partial charge >= 0.3 is 0 Å². The topological polar surface area (TPSA) is 73.8 Å². The van der Waals surface area contributed by atoms with Crippen LogP contribution < -0.4 is 14.2 Å². The first-order valence-corrected chi connectivity index (χ1v) is 9.76. The normalized spacial score (nSPS) is 16.1. The van der Waals surface area contributed by atoms with Crippen LogP contribution in [0.25, 0.3) is 0 Å². The van der Waals surface area contributed by atoms with Crippen LogP contribution in [-0.2, 0) is 0 Å². The highest BCUT2D eigenvalue weighted by Crippen LogP contribution is 2.20. The second-order valence-electron chi connectivity index (χ2n) is 6.77. The highest BCUT2D eigenvalue weighted by molar-refractivity contribution is 5.94. The van der Waals surface area contributed by atoms with Crippen LogP contribution in [0, 0.1) is 0 Å². The fourth-order valence-corrected chi connectivity index (χ4v) is 3.08. The van der Waals surface area contributed by atoms with Crippen molar-refractivity contribution in [2.45, 2.75) is 38.7 Å². The van der Waals surface area contributed by atoms with Crippen LogP contribution in [0.1, 0.15) is 43.0 Å². The number of methoxy groups -OCH3 is 1. The summed E-state index contributed by atoms with van der Waals surface area (Å²) in [7, 11) is 1.54. The molecule has 28 heavy (non-hydrogen) atoms. The van der Waals surface area contributed by atoms with E-state index in [2.05, 4.69) is 17.1 Å². The molecule has 1 aromatic heterocycles. The van der Waals surface area contributed by atoms with Crippen molar-refractivity contribution in [1.82, 2.24) is 15.1 Å². The van der Waals surface area contributed by atoms with E-state index in [-0.39, 0.29) is 12.0 Å². The SMILES string of the molecule is CCCCCOc1ccc(C(=O)N2CCC(Oc3ccc(OC)nn3)C2)cc1. The van der Waals surface area contributed by atoms with Crippen LogP contribution in [-0.4, -0.2) is 53.9 Å². The fraction of sp³-hybridized carbons (Fsp3) is 0.476. The number of amides is 1. The van der Waals surface area contributed by atoms with Crippen molar-refractivity contribution in [2.24, 2.45) is 0 Å². The standard InChI is InChI=1S/C21H27N3O4/c1-3-4-5-14-27-17-8-6-16(7-9-17)21(25)24-13-12-18(15-24)28-20-11-10-19(26-2)22-23-20/h6-11,18H,3-5,12-15H2,1-2H3. The Morgan fingerprint density at radius 2 is 1.86 bits per heavy atom. The number of aromatic nitrogens is 2. The molecule has 1 saturated heterocycles. The van der Waals surface area contributed by atoms with Gasteiger partial charge in [-0.15, -0.1) is 10.2 Å². The molecule has 0 saturated carbocycles. The predicted octanol–water partition coefficient (Wildman–Crippen LogP) is 3.35. The Morgan fingerprint density at radius 3 is 2.54 bits per heavy atom. The van der Waals surface area contributed by atoms with Gasteiger partial charge in [0, 0.05) is 30.7 Å². The molecule has 1 aromatic carbocycles. The van der Waals surface area contributed by atoms with Gasteiger partial charge in [-0.25, -0.2) is 0 Å². The Bertz CT molecular complexity index is 749. The van der Waals surface area contributed by atoms with E-state index in [4.69, 9.17) is 14.2 Å². The Hall–Kier alpha value is -2.83. The molecule has 0 aliphatic carbocycles. The molecule has 7 nitrogen and oxygen atoms in total. The minimum atomic E-state index is -0.0900. The van der Waals surface area contributed by atoms with E-state index in [0.717, 1.165) is 25.0 Å². The second kappa shape index (κ2) is 9.92. The summed E-state index contributed by atoms with van der Waals surface area (Å²) < 4.78 is 16.5. The molecule has 1 aliphatic heterocycles. The molecule has 3 rings (SSSR count). The van der Waals surface area contributed by atoms with Crippen molar-refractivity contribution in [3.05, 3.63) is 42.0 Å². The van der Waals surface area contributed by atoms with Crippen LogP contribution in [0.2, 0.25) is 0 Å². The lowest BCUT2D eigenvalue weighted by molar-refractivity contribution is 0.0771. The molecule has 0 spiro atoms. The van der Waals surface area contributed by atoms with Gasteiger partial charge in [-0.1, -0.05) is 19.8 Å². The average Bonchev–Trinajstić information content (AvgIpc) is 3.20. The molecule has 2 aromatic rings. The smallest absolute Gasteiger partial charge is 0.253 e. The zero-order valence-electron chi connectivity index (χ0n) is 16.5. The number of unbranched alkanes of at least 4 members (excludes halogenated alkanes) is 2. The fourth-order valence-electron chi connectivity index (χ4n) is 3.08. The van der Waals surface area contributed by atoms with E-state index in [9.17, 15) is 4.79 Å². The molecule has 150 valence electrons. The summed E-state index contributed by atoms with van der Waals surface area (Å²) in [5, 5.41) is 7.86. The first kappa shape index (κ1) is 19.9. The van der Waals surface area contributed by atoms with Crippen LogP contribution >= 0.6 is 0 Å². The van der Waals surface area contributed by atoms with Crippen molar-refractivity contribution in [1.29, 1.82) is 0 Å². The van der Waals surface area contributed by atoms with Gasteiger partial charge in [0.15, 0.2) is 0 Å². The quantitative estimate of drug-likeness (QED) is 0.617. The maximum Gasteiger partial charge on any atom is 0.253 e. The predicted molar refractivity (Wildman–Crippen MR) is 105 cm³/mol. The van der Waals surface area contributed by atoms with Gasteiger partial charge in [-0.3, -0.25) is 4.79 Å². The zero-order valence-corrected chi connectivity index (χ0v) is 16.5. The number of carbonyl (C=O) groups excluding carboxylic acids is 1. The largest absolute Gasteiger partial charge is 0.494 e. The molecular weight excluding hydrogens is 358 g/mol. The van der Waals surface area contributed by atoms with Crippen molar-refractivity contribution in [3.63, 3.8) is 0 Å². The van der Waals surface area contributed by atoms with Crippen molar-refractivity contribution in [3.8, 4) is 17.5 Å². The summed E-state index contributed by atoms with van der Waals surface area (Å²) in [6, 6.07) is 10.8. The lowest BCUT2D eigenvalue weighted by Gasteiger charge is -2.17. The highest BCUT2D eigenvalue weighted by Gasteiger charge is 2.28. The Morgan fingerprint density at radius 1 is 1.11 bits per heavy atom. The van der Waals surface area contributed by atoms with Gasteiger partial charge in [0.1, 0.15) is 11.9 Å². The van der Waals surface area contributed by atoms with Gasteiger partial charge in [-0.2, -0.15) is 0 Å². The summed E-state index contributed by atoms with van der Waals surface area (Å²) in [6.45, 7) is 4.06. The van der Waals surface area contributed by atoms with E-state index in [1.165, 1.54) is 13.5 Å². The maximum absolute atomic E-state index is 12.7. The zero-order chi connectivity index (χ0) is 19.8.